The van der Waals surface area contributed by atoms with Crippen LogP contribution in [-0.2, 0) is 4.79 Å². The molecule has 2 unspecified atom stereocenters. The molecule has 1 aromatic rings. The van der Waals surface area contributed by atoms with Crippen molar-refractivity contribution in [3.05, 3.63) is 29.8 Å². The third-order valence-corrected chi connectivity index (χ3v) is 3.55. The Morgan fingerprint density at radius 2 is 2.21 bits per heavy atom. The molecule has 4 heteroatoms. The summed E-state index contributed by atoms with van der Waals surface area (Å²) in [5.41, 5.74) is 1.09. The Labute approximate surface area is 114 Å². The van der Waals surface area contributed by atoms with Crippen LogP contribution < -0.4 is 4.74 Å². The maximum absolute atomic E-state index is 11.3. The standard InChI is InChI=1S/C15H21NO3/c1-3-8-16-10-12(9-13(16)15(17)18)19-14-7-5-4-6-11(14)2/h4-7,12-13H,3,8-10H2,1-2H3,(H,17,18). The lowest BCUT2D eigenvalue weighted by Gasteiger charge is -2.19. The molecule has 1 heterocycles. The molecule has 1 N–H and O–H groups in total. The summed E-state index contributed by atoms with van der Waals surface area (Å²) in [5, 5.41) is 9.25. The van der Waals surface area contributed by atoms with Gasteiger partial charge in [0.1, 0.15) is 17.9 Å². The number of nitrogens with zero attached hydrogens (tertiary/aromatic N) is 1. The van der Waals surface area contributed by atoms with E-state index in [2.05, 4.69) is 6.92 Å². The molecule has 1 saturated heterocycles. The van der Waals surface area contributed by atoms with Crippen LogP contribution in [0.4, 0.5) is 0 Å². The molecule has 19 heavy (non-hydrogen) atoms. The molecule has 104 valence electrons. The summed E-state index contributed by atoms with van der Waals surface area (Å²) in [6.07, 6.45) is 1.48. The molecule has 1 aliphatic rings. The third kappa shape index (κ3) is 3.26. The summed E-state index contributed by atoms with van der Waals surface area (Å²) in [5.74, 6) is 0.110. The summed E-state index contributed by atoms with van der Waals surface area (Å²) in [4.78, 5) is 13.3. The van der Waals surface area contributed by atoms with Gasteiger partial charge in [-0.05, 0) is 31.5 Å². The maximum Gasteiger partial charge on any atom is 0.321 e. The summed E-state index contributed by atoms with van der Waals surface area (Å²) < 4.78 is 5.96. The number of likely N-dealkylation sites (tertiary alicyclic amines) is 1. The fourth-order valence-electron chi connectivity index (χ4n) is 2.61. The first-order chi connectivity index (χ1) is 9.11. The van der Waals surface area contributed by atoms with Crippen LogP contribution in [0.25, 0.3) is 0 Å². The first-order valence-corrected chi connectivity index (χ1v) is 6.81. The van der Waals surface area contributed by atoms with Crippen molar-refractivity contribution >= 4 is 5.97 Å². The van der Waals surface area contributed by atoms with E-state index in [-0.39, 0.29) is 6.10 Å². The molecule has 2 rings (SSSR count). The minimum Gasteiger partial charge on any atom is -0.489 e. The van der Waals surface area contributed by atoms with Gasteiger partial charge in [0, 0.05) is 13.0 Å². The van der Waals surface area contributed by atoms with Crippen LogP contribution in [0.3, 0.4) is 0 Å². The van der Waals surface area contributed by atoms with Crippen molar-refractivity contribution in [1.82, 2.24) is 4.90 Å². The van der Waals surface area contributed by atoms with Gasteiger partial charge >= 0.3 is 5.97 Å². The summed E-state index contributed by atoms with van der Waals surface area (Å²) in [6.45, 7) is 5.57. The minimum absolute atomic E-state index is 0.0336. The molecule has 1 fully saturated rings. The molecule has 1 aliphatic heterocycles. The van der Waals surface area contributed by atoms with Gasteiger partial charge in [-0.25, -0.2) is 0 Å². The summed E-state index contributed by atoms with van der Waals surface area (Å²) in [6, 6.07) is 7.45. The fourth-order valence-corrected chi connectivity index (χ4v) is 2.61. The SMILES string of the molecule is CCCN1CC(Oc2ccccc2C)CC1C(=O)O. The Morgan fingerprint density at radius 3 is 2.84 bits per heavy atom. The Morgan fingerprint density at radius 1 is 1.47 bits per heavy atom. The van der Waals surface area contributed by atoms with E-state index in [4.69, 9.17) is 4.74 Å². The number of aryl methyl sites for hydroxylation is 1. The lowest BCUT2D eigenvalue weighted by molar-refractivity contribution is -0.142. The van der Waals surface area contributed by atoms with Gasteiger partial charge in [0.25, 0.3) is 0 Å². The number of hydrogen-bond acceptors (Lipinski definition) is 3. The smallest absolute Gasteiger partial charge is 0.321 e. The van der Waals surface area contributed by atoms with Crippen LogP contribution in [0.5, 0.6) is 5.75 Å². The van der Waals surface area contributed by atoms with Crippen LogP contribution in [0.15, 0.2) is 24.3 Å². The molecular weight excluding hydrogens is 242 g/mol. The largest absolute Gasteiger partial charge is 0.489 e. The minimum atomic E-state index is -0.746. The van der Waals surface area contributed by atoms with E-state index >= 15 is 0 Å². The van der Waals surface area contributed by atoms with Crippen molar-refractivity contribution in [3.8, 4) is 5.75 Å². The third-order valence-electron chi connectivity index (χ3n) is 3.55. The zero-order valence-corrected chi connectivity index (χ0v) is 11.5. The average Bonchev–Trinajstić information content (AvgIpc) is 2.76. The van der Waals surface area contributed by atoms with E-state index in [9.17, 15) is 9.90 Å². The fraction of sp³-hybridized carbons (Fsp3) is 0.533. The highest BCUT2D eigenvalue weighted by atomic mass is 16.5. The number of hydrogen-bond donors (Lipinski definition) is 1. The Hall–Kier alpha value is -1.55. The Balaban J connectivity index is 2.03. The number of rotatable bonds is 5. The van der Waals surface area contributed by atoms with Gasteiger partial charge in [0.05, 0.1) is 0 Å². The van der Waals surface area contributed by atoms with E-state index in [1.165, 1.54) is 0 Å². The average molecular weight is 263 g/mol. The number of carbonyl (C=O) groups is 1. The number of carboxylic acids is 1. The van der Waals surface area contributed by atoms with Crippen molar-refractivity contribution in [2.24, 2.45) is 0 Å². The normalized spacial score (nSPS) is 23.5. The molecule has 0 aromatic heterocycles. The van der Waals surface area contributed by atoms with Gasteiger partial charge in [0.15, 0.2) is 0 Å². The second-order valence-corrected chi connectivity index (χ2v) is 5.09. The number of para-hydroxylation sites is 1. The predicted octanol–water partition coefficient (Wildman–Crippen LogP) is 2.31. The zero-order chi connectivity index (χ0) is 13.8. The molecule has 0 aliphatic carbocycles. The zero-order valence-electron chi connectivity index (χ0n) is 11.5. The second kappa shape index (κ2) is 6.06. The first kappa shape index (κ1) is 13.9. The van der Waals surface area contributed by atoms with Crippen LogP contribution in [0.1, 0.15) is 25.3 Å². The van der Waals surface area contributed by atoms with E-state index in [1.54, 1.807) is 0 Å². The van der Waals surface area contributed by atoms with Crippen molar-refractivity contribution in [1.29, 1.82) is 0 Å². The van der Waals surface area contributed by atoms with Gasteiger partial charge in [-0.2, -0.15) is 0 Å². The monoisotopic (exact) mass is 263 g/mol. The number of aliphatic carboxylic acids is 1. The second-order valence-electron chi connectivity index (χ2n) is 5.09. The van der Waals surface area contributed by atoms with Crippen LogP contribution in [0, 0.1) is 6.92 Å². The highest BCUT2D eigenvalue weighted by Crippen LogP contribution is 2.25. The lowest BCUT2D eigenvalue weighted by Crippen LogP contribution is -2.36. The van der Waals surface area contributed by atoms with Crippen LogP contribution in [0.2, 0.25) is 0 Å². The molecular formula is C15H21NO3. The van der Waals surface area contributed by atoms with Gasteiger partial charge in [0.2, 0.25) is 0 Å². The topological polar surface area (TPSA) is 49.8 Å². The summed E-state index contributed by atoms with van der Waals surface area (Å²) >= 11 is 0. The maximum atomic E-state index is 11.3. The van der Waals surface area contributed by atoms with Gasteiger partial charge in [-0.1, -0.05) is 25.1 Å². The van der Waals surface area contributed by atoms with Crippen molar-refractivity contribution in [3.63, 3.8) is 0 Å². The van der Waals surface area contributed by atoms with E-state index in [1.807, 2.05) is 36.1 Å². The molecule has 0 radical (unpaired) electrons. The van der Waals surface area contributed by atoms with Gasteiger partial charge in [-0.3, -0.25) is 9.69 Å². The van der Waals surface area contributed by atoms with Crippen molar-refractivity contribution in [2.45, 2.75) is 38.8 Å². The lowest BCUT2D eigenvalue weighted by atomic mass is 10.2. The molecule has 0 amide bonds. The van der Waals surface area contributed by atoms with Crippen LogP contribution in [-0.4, -0.2) is 41.2 Å². The van der Waals surface area contributed by atoms with Crippen molar-refractivity contribution in [2.75, 3.05) is 13.1 Å². The van der Waals surface area contributed by atoms with Crippen molar-refractivity contribution < 1.29 is 14.6 Å². The molecule has 0 spiro atoms. The summed E-state index contributed by atoms with van der Waals surface area (Å²) in [7, 11) is 0. The van der Waals surface area contributed by atoms with Gasteiger partial charge in [-0.15, -0.1) is 0 Å². The molecule has 0 bridgehead atoms. The van der Waals surface area contributed by atoms with E-state index in [0.29, 0.717) is 13.0 Å². The van der Waals surface area contributed by atoms with E-state index < -0.39 is 12.0 Å². The molecule has 2 atom stereocenters. The van der Waals surface area contributed by atoms with Crippen LogP contribution >= 0.6 is 0 Å². The molecule has 4 nitrogen and oxygen atoms in total. The van der Waals surface area contributed by atoms with E-state index in [0.717, 1.165) is 24.3 Å². The highest BCUT2D eigenvalue weighted by Gasteiger charge is 2.37. The quantitative estimate of drug-likeness (QED) is 0.885. The first-order valence-electron chi connectivity index (χ1n) is 6.81. The molecule has 1 aromatic carbocycles. The highest BCUT2D eigenvalue weighted by molar-refractivity contribution is 5.74. The number of benzene rings is 1. The Bertz CT molecular complexity index is 447. The van der Waals surface area contributed by atoms with Gasteiger partial charge < -0.3 is 9.84 Å². The predicted molar refractivity (Wildman–Crippen MR) is 73.5 cm³/mol. The number of carboxylic acid groups (broad SMARTS) is 1. The Kier molecular flexibility index (Phi) is 4.43. The molecule has 0 saturated carbocycles. The number of ether oxygens (including phenoxy) is 1.